The zero-order valence-electron chi connectivity index (χ0n) is 13.3. The minimum atomic E-state index is 0.665. The van der Waals surface area contributed by atoms with E-state index in [9.17, 15) is 4.79 Å². The number of rotatable bonds is 4. The molecule has 6 nitrogen and oxygen atoms in total. The van der Waals surface area contributed by atoms with Crippen LogP contribution in [0.5, 0.6) is 0 Å². The first-order valence-corrected chi connectivity index (χ1v) is 8.25. The predicted octanol–water partition coefficient (Wildman–Crippen LogP) is 3.18. The summed E-state index contributed by atoms with van der Waals surface area (Å²) in [6, 6.07) is 9.75. The van der Waals surface area contributed by atoms with Crippen LogP contribution in [0.4, 0.5) is 11.5 Å². The van der Waals surface area contributed by atoms with Crippen LogP contribution in [0.25, 0.3) is 22.4 Å². The number of fused-ring (bicyclic) bond motifs is 1. The molecule has 1 aliphatic heterocycles. The number of para-hydroxylation sites is 1. The van der Waals surface area contributed by atoms with E-state index in [1.165, 1.54) is 19.3 Å². The molecule has 3 aromatic rings. The fourth-order valence-corrected chi connectivity index (χ4v) is 3.19. The van der Waals surface area contributed by atoms with Gasteiger partial charge in [0.1, 0.15) is 17.2 Å². The molecular weight excluding hydrogens is 302 g/mol. The van der Waals surface area contributed by atoms with Gasteiger partial charge in [-0.2, -0.15) is 0 Å². The van der Waals surface area contributed by atoms with Gasteiger partial charge in [-0.3, -0.25) is 4.79 Å². The smallest absolute Gasteiger partial charge is 0.211 e. The number of piperidine rings is 1. The quantitative estimate of drug-likeness (QED) is 0.724. The van der Waals surface area contributed by atoms with Crippen LogP contribution in [0.1, 0.15) is 19.3 Å². The van der Waals surface area contributed by atoms with Crippen molar-refractivity contribution in [1.82, 2.24) is 15.0 Å². The molecule has 0 unspecified atom stereocenters. The Hall–Kier alpha value is -2.89. The van der Waals surface area contributed by atoms with Gasteiger partial charge in [0, 0.05) is 24.8 Å². The average Bonchev–Trinajstić information content (AvgIpc) is 3.08. The van der Waals surface area contributed by atoms with Crippen LogP contribution in [-0.2, 0) is 4.79 Å². The Morgan fingerprint density at radius 3 is 2.75 bits per heavy atom. The first-order chi connectivity index (χ1) is 11.8. The molecule has 0 radical (unpaired) electrons. The van der Waals surface area contributed by atoms with Gasteiger partial charge in [0.25, 0.3) is 0 Å². The summed E-state index contributed by atoms with van der Waals surface area (Å²) in [5.74, 6) is 1.78. The molecule has 3 heterocycles. The highest BCUT2D eigenvalue weighted by atomic mass is 16.1. The van der Waals surface area contributed by atoms with Crippen molar-refractivity contribution >= 4 is 28.9 Å². The van der Waals surface area contributed by atoms with Crippen molar-refractivity contribution in [2.75, 3.05) is 23.3 Å². The summed E-state index contributed by atoms with van der Waals surface area (Å²) in [7, 11) is 0. The molecule has 0 atom stereocenters. The summed E-state index contributed by atoms with van der Waals surface area (Å²) in [5, 5.41) is 2.68. The Balaban J connectivity index is 1.64. The van der Waals surface area contributed by atoms with Crippen LogP contribution >= 0.6 is 0 Å². The lowest BCUT2D eigenvalue weighted by atomic mass is 10.1. The molecule has 0 spiro atoms. The van der Waals surface area contributed by atoms with Crippen LogP contribution in [0.2, 0.25) is 0 Å². The zero-order valence-corrected chi connectivity index (χ0v) is 13.3. The fourth-order valence-electron chi connectivity index (χ4n) is 3.19. The highest BCUT2D eigenvalue weighted by molar-refractivity contribution is 5.94. The second-order valence-electron chi connectivity index (χ2n) is 6.00. The third kappa shape index (κ3) is 2.71. The molecule has 24 heavy (non-hydrogen) atoms. The predicted molar refractivity (Wildman–Crippen MR) is 95.1 cm³/mol. The summed E-state index contributed by atoms with van der Waals surface area (Å²) in [4.78, 5) is 25.6. The molecular formula is C18H19N5O. The van der Waals surface area contributed by atoms with Crippen LogP contribution in [0.3, 0.4) is 0 Å². The van der Waals surface area contributed by atoms with Gasteiger partial charge >= 0.3 is 0 Å². The highest BCUT2D eigenvalue weighted by Crippen LogP contribution is 2.26. The number of amides is 1. The number of nitrogens with one attached hydrogen (secondary N) is 2. The Morgan fingerprint density at radius 2 is 2.00 bits per heavy atom. The molecule has 1 fully saturated rings. The van der Waals surface area contributed by atoms with Gasteiger partial charge in [-0.15, -0.1) is 0 Å². The minimum Gasteiger partial charge on any atom is -0.357 e. The van der Waals surface area contributed by atoms with Crippen molar-refractivity contribution < 1.29 is 4.79 Å². The van der Waals surface area contributed by atoms with E-state index in [1.807, 2.05) is 30.5 Å². The van der Waals surface area contributed by atoms with Crippen molar-refractivity contribution in [3.05, 3.63) is 36.5 Å². The van der Waals surface area contributed by atoms with Gasteiger partial charge in [0.2, 0.25) is 6.41 Å². The van der Waals surface area contributed by atoms with Crippen LogP contribution in [-0.4, -0.2) is 34.5 Å². The number of hydrogen-bond acceptors (Lipinski definition) is 4. The third-order valence-electron chi connectivity index (χ3n) is 4.43. The Kier molecular flexibility index (Phi) is 3.86. The van der Waals surface area contributed by atoms with E-state index in [-0.39, 0.29) is 0 Å². The number of nitrogens with zero attached hydrogens (tertiary/aromatic N) is 3. The molecule has 4 rings (SSSR count). The van der Waals surface area contributed by atoms with Gasteiger partial charge in [-0.1, -0.05) is 6.07 Å². The van der Waals surface area contributed by atoms with Gasteiger partial charge in [-0.05, 0) is 43.5 Å². The average molecular weight is 321 g/mol. The van der Waals surface area contributed by atoms with Gasteiger partial charge in [-0.25, -0.2) is 9.97 Å². The second kappa shape index (κ2) is 6.31. The van der Waals surface area contributed by atoms with Gasteiger partial charge in [0.05, 0.1) is 11.2 Å². The Bertz CT molecular complexity index is 849. The van der Waals surface area contributed by atoms with Crippen LogP contribution in [0.15, 0.2) is 36.5 Å². The summed E-state index contributed by atoms with van der Waals surface area (Å²) < 4.78 is 0. The number of pyridine rings is 1. The van der Waals surface area contributed by atoms with E-state index >= 15 is 0 Å². The lowest BCUT2D eigenvalue weighted by Gasteiger charge is -2.27. The van der Waals surface area contributed by atoms with E-state index in [0.29, 0.717) is 12.1 Å². The maximum Gasteiger partial charge on any atom is 0.211 e. The van der Waals surface area contributed by atoms with Crippen molar-refractivity contribution in [2.24, 2.45) is 0 Å². The summed E-state index contributed by atoms with van der Waals surface area (Å²) in [6.07, 6.45) is 6.30. The first kappa shape index (κ1) is 14.7. The molecule has 122 valence electrons. The number of hydrogen-bond donors (Lipinski definition) is 2. The van der Waals surface area contributed by atoms with E-state index in [4.69, 9.17) is 0 Å². The molecule has 1 amide bonds. The van der Waals surface area contributed by atoms with Crippen molar-refractivity contribution in [3.8, 4) is 11.4 Å². The fraction of sp³-hybridized carbons (Fsp3) is 0.278. The van der Waals surface area contributed by atoms with Gasteiger partial charge < -0.3 is 15.2 Å². The molecule has 1 aromatic carbocycles. The molecule has 2 aromatic heterocycles. The number of imidazole rings is 1. The number of aromatic nitrogens is 3. The summed E-state index contributed by atoms with van der Waals surface area (Å²) >= 11 is 0. The third-order valence-corrected chi connectivity index (χ3v) is 4.43. The molecule has 0 saturated carbocycles. The largest absolute Gasteiger partial charge is 0.357 e. The summed E-state index contributed by atoms with van der Waals surface area (Å²) in [6.45, 7) is 2.16. The molecule has 6 heteroatoms. The first-order valence-electron chi connectivity index (χ1n) is 8.25. The number of carbonyl (C=O) groups is 1. The van der Waals surface area contributed by atoms with Crippen molar-refractivity contribution in [1.29, 1.82) is 0 Å². The lowest BCUT2D eigenvalue weighted by molar-refractivity contribution is -0.105. The normalized spacial score (nSPS) is 14.8. The SMILES string of the molecule is O=CNc1cccc2[nH]c(-c3ccc(N4CCCCC4)nc3)nc12. The van der Waals surface area contributed by atoms with E-state index in [0.717, 1.165) is 41.3 Å². The van der Waals surface area contributed by atoms with E-state index < -0.39 is 0 Å². The van der Waals surface area contributed by atoms with Crippen molar-refractivity contribution in [3.63, 3.8) is 0 Å². The Morgan fingerprint density at radius 1 is 1.12 bits per heavy atom. The highest BCUT2D eigenvalue weighted by Gasteiger charge is 2.13. The molecule has 2 N–H and O–H groups in total. The zero-order chi connectivity index (χ0) is 16.4. The maximum absolute atomic E-state index is 10.7. The minimum absolute atomic E-state index is 0.665. The Labute approximate surface area is 139 Å². The topological polar surface area (TPSA) is 73.9 Å². The molecule has 1 saturated heterocycles. The molecule has 1 aliphatic rings. The molecule has 0 aliphatic carbocycles. The van der Waals surface area contributed by atoms with E-state index in [1.54, 1.807) is 0 Å². The number of benzene rings is 1. The second-order valence-corrected chi connectivity index (χ2v) is 6.00. The maximum atomic E-state index is 10.7. The number of aromatic amines is 1. The number of H-pyrrole nitrogens is 1. The number of carbonyl (C=O) groups excluding carboxylic acids is 1. The summed E-state index contributed by atoms with van der Waals surface area (Å²) in [5.41, 5.74) is 3.27. The monoisotopic (exact) mass is 321 g/mol. The van der Waals surface area contributed by atoms with E-state index in [2.05, 4.69) is 31.2 Å². The van der Waals surface area contributed by atoms with Crippen LogP contribution in [0, 0.1) is 0 Å². The lowest BCUT2D eigenvalue weighted by Crippen LogP contribution is -2.29. The van der Waals surface area contributed by atoms with Crippen molar-refractivity contribution in [2.45, 2.75) is 19.3 Å². The number of anilines is 2. The molecule has 0 bridgehead atoms. The van der Waals surface area contributed by atoms with Crippen LogP contribution < -0.4 is 10.2 Å². The standard InChI is InChI=1S/C18H19N5O/c24-12-20-14-5-4-6-15-17(14)22-18(21-15)13-7-8-16(19-11-13)23-9-2-1-3-10-23/h4-8,11-12H,1-3,9-10H2,(H,20,24)(H,21,22). The van der Waals surface area contributed by atoms with Gasteiger partial charge in [0.15, 0.2) is 0 Å².